The van der Waals surface area contributed by atoms with E-state index in [9.17, 15) is 14.7 Å². The highest BCUT2D eigenvalue weighted by Gasteiger charge is 2.25. The van der Waals surface area contributed by atoms with E-state index in [2.05, 4.69) is 26.0 Å². The van der Waals surface area contributed by atoms with Crippen molar-refractivity contribution >= 4 is 11.8 Å². The first-order chi connectivity index (χ1) is 11.9. The summed E-state index contributed by atoms with van der Waals surface area (Å²) in [6.07, 6.45) is 2.43. The van der Waals surface area contributed by atoms with Gasteiger partial charge in [0, 0.05) is 39.0 Å². The van der Waals surface area contributed by atoms with Gasteiger partial charge in [-0.15, -0.1) is 0 Å². The van der Waals surface area contributed by atoms with Gasteiger partial charge in [-0.1, -0.05) is 17.7 Å². The Morgan fingerprint density at radius 1 is 1.04 bits per heavy atom. The van der Waals surface area contributed by atoms with E-state index in [1.165, 1.54) is 22.3 Å². The number of amides is 2. The molecule has 0 atom stereocenters. The minimum atomic E-state index is -0.286. The molecule has 5 heteroatoms. The highest BCUT2D eigenvalue weighted by molar-refractivity contribution is 5.84. The van der Waals surface area contributed by atoms with Crippen LogP contribution in [0.1, 0.15) is 47.9 Å². The lowest BCUT2D eigenvalue weighted by atomic mass is 9.93. The molecule has 1 aromatic rings. The van der Waals surface area contributed by atoms with E-state index in [0.29, 0.717) is 32.5 Å². The summed E-state index contributed by atoms with van der Waals surface area (Å²) in [6, 6.07) is 4.37. The molecule has 1 N–H and O–H groups in total. The van der Waals surface area contributed by atoms with Gasteiger partial charge in [0.15, 0.2) is 0 Å². The topological polar surface area (TPSA) is 60.9 Å². The minimum Gasteiger partial charge on any atom is -0.393 e. The molecule has 136 valence electrons. The number of hydrogen-bond acceptors (Lipinski definition) is 3. The number of aliphatic hydroxyl groups is 1. The first-order valence-electron chi connectivity index (χ1n) is 9.26. The van der Waals surface area contributed by atoms with Crippen molar-refractivity contribution in [2.45, 2.75) is 58.6 Å². The van der Waals surface area contributed by atoms with Crippen LogP contribution < -0.4 is 0 Å². The number of hydrogen-bond donors (Lipinski definition) is 1. The molecule has 0 saturated carbocycles. The first kappa shape index (κ1) is 17.9. The van der Waals surface area contributed by atoms with Crippen LogP contribution in [-0.4, -0.2) is 52.5 Å². The van der Waals surface area contributed by atoms with Gasteiger partial charge in [0.2, 0.25) is 11.8 Å². The van der Waals surface area contributed by atoms with Crippen LogP contribution in [0.3, 0.4) is 0 Å². The van der Waals surface area contributed by atoms with Crippen molar-refractivity contribution in [1.29, 1.82) is 0 Å². The SMILES string of the molecule is Cc1cc(C)c2c(c1)CN(C(=O)CCC(=O)N1CCC(O)CC1)CC2. The van der Waals surface area contributed by atoms with Crippen molar-refractivity contribution in [1.82, 2.24) is 9.80 Å². The normalized spacial score (nSPS) is 18.2. The van der Waals surface area contributed by atoms with Gasteiger partial charge in [0.1, 0.15) is 0 Å². The molecular formula is C20H28N2O3. The molecule has 1 aromatic carbocycles. The molecule has 2 aliphatic rings. The second kappa shape index (κ2) is 7.56. The van der Waals surface area contributed by atoms with Gasteiger partial charge in [-0.05, 0) is 49.8 Å². The van der Waals surface area contributed by atoms with Gasteiger partial charge in [-0.2, -0.15) is 0 Å². The lowest BCUT2D eigenvalue weighted by Crippen LogP contribution is -2.41. The Kier molecular flexibility index (Phi) is 5.42. The Hall–Kier alpha value is -1.88. The number of fused-ring (bicyclic) bond motifs is 1. The molecule has 0 unspecified atom stereocenters. The third-order valence-corrected chi connectivity index (χ3v) is 5.43. The molecule has 2 aliphatic heterocycles. The predicted molar refractivity (Wildman–Crippen MR) is 96.1 cm³/mol. The Balaban J connectivity index is 1.53. The van der Waals surface area contributed by atoms with Gasteiger partial charge in [0.25, 0.3) is 0 Å². The Morgan fingerprint density at radius 3 is 2.36 bits per heavy atom. The number of benzene rings is 1. The van der Waals surface area contributed by atoms with Crippen molar-refractivity contribution < 1.29 is 14.7 Å². The van der Waals surface area contributed by atoms with Gasteiger partial charge >= 0.3 is 0 Å². The maximum Gasteiger partial charge on any atom is 0.223 e. The van der Waals surface area contributed by atoms with Crippen LogP contribution in [0.4, 0.5) is 0 Å². The van der Waals surface area contributed by atoms with Crippen LogP contribution >= 0.6 is 0 Å². The van der Waals surface area contributed by atoms with Crippen molar-refractivity contribution in [3.05, 3.63) is 34.4 Å². The maximum absolute atomic E-state index is 12.5. The molecule has 0 spiro atoms. The predicted octanol–water partition coefficient (Wildman–Crippen LogP) is 1.95. The number of nitrogens with zero attached hydrogens (tertiary/aromatic N) is 2. The number of likely N-dealkylation sites (tertiary alicyclic amines) is 1. The number of carbonyl (C=O) groups is 2. The smallest absolute Gasteiger partial charge is 0.223 e. The van der Waals surface area contributed by atoms with E-state index < -0.39 is 0 Å². The summed E-state index contributed by atoms with van der Waals surface area (Å²) < 4.78 is 0. The Bertz CT molecular complexity index is 663. The molecule has 0 bridgehead atoms. The fourth-order valence-electron chi connectivity index (χ4n) is 3.97. The van der Waals surface area contributed by atoms with Gasteiger partial charge in [-0.3, -0.25) is 9.59 Å². The molecule has 0 radical (unpaired) electrons. The van der Waals surface area contributed by atoms with Crippen molar-refractivity contribution in [2.75, 3.05) is 19.6 Å². The fraction of sp³-hybridized carbons (Fsp3) is 0.600. The first-order valence-corrected chi connectivity index (χ1v) is 9.26. The van der Waals surface area contributed by atoms with Crippen LogP contribution in [0.15, 0.2) is 12.1 Å². The monoisotopic (exact) mass is 344 g/mol. The zero-order valence-corrected chi connectivity index (χ0v) is 15.3. The second-order valence-electron chi connectivity index (χ2n) is 7.40. The van der Waals surface area contributed by atoms with E-state index in [1.807, 2.05) is 4.90 Å². The number of aliphatic hydroxyl groups excluding tert-OH is 1. The standard InChI is InChI=1S/C20H28N2O3/c1-14-11-15(2)18-7-10-22(13-16(18)12-14)20(25)4-3-19(24)21-8-5-17(23)6-9-21/h11-12,17,23H,3-10,13H2,1-2H3. The average Bonchev–Trinajstić information content (AvgIpc) is 2.59. The summed E-state index contributed by atoms with van der Waals surface area (Å²) in [5, 5.41) is 9.52. The third-order valence-electron chi connectivity index (χ3n) is 5.43. The molecule has 25 heavy (non-hydrogen) atoms. The number of aryl methyl sites for hydroxylation is 2. The third kappa shape index (κ3) is 4.21. The zero-order valence-electron chi connectivity index (χ0n) is 15.3. The van der Waals surface area contributed by atoms with Gasteiger partial charge in [-0.25, -0.2) is 0 Å². The Labute approximate surface area is 149 Å². The van der Waals surface area contributed by atoms with Crippen LogP contribution in [0.25, 0.3) is 0 Å². The summed E-state index contributed by atoms with van der Waals surface area (Å²) in [7, 11) is 0. The highest BCUT2D eigenvalue weighted by atomic mass is 16.3. The lowest BCUT2D eigenvalue weighted by molar-refractivity contribution is -0.138. The molecule has 2 heterocycles. The van der Waals surface area contributed by atoms with Crippen molar-refractivity contribution in [3.8, 4) is 0 Å². The van der Waals surface area contributed by atoms with Crippen LogP contribution in [-0.2, 0) is 22.6 Å². The van der Waals surface area contributed by atoms with E-state index in [1.54, 1.807) is 4.90 Å². The van der Waals surface area contributed by atoms with Crippen LogP contribution in [0.2, 0.25) is 0 Å². The van der Waals surface area contributed by atoms with E-state index in [-0.39, 0.29) is 30.8 Å². The quantitative estimate of drug-likeness (QED) is 0.912. The average molecular weight is 344 g/mol. The number of piperidine rings is 1. The summed E-state index contributed by atoms with van der Waals surface area (Å²) in [5.74, 6) is 0.0968. The van der Waals surface area contributed by atoms with Crippen molar-refractivity contribution in [3.63, 3.8) is 0 Å². The zero-order chi connectivity index (χ0) is 18.0. The molecule has 0 aliphatic carbocycles. The van der Waals surface area contributed by atoms with Gasteiger partial charge < -0.3 is 14.9 Å². The van der Waals surface area contributed by atoms with Crippen LogP contribution in [0.5, 0.6) is 0 Å². The fourth-order valence-corrected chi connectivity index (χ4v) is 3.97. The summed E-state index contributed by atoms with van der Waals surface area (Å²) in [5.41, 5.74) is 5.16. The molecule has 1 saturated heterocycles. The minimum absolute atomic E-state index is 0.0318. The second-order valence-corrected chi connectivity index (χ2v) is 7.40. The highest BCUT2D eigenvalue weighted by Crippen LogP contribution is 2.24. The summed E-state index contributed by atoms with van der Waals surface area (Å²) >= 11 is 0. The molecule has 2 amide bonds. The summed E-state index contributed by atoms with van der Waals surface area (Å²) in [6.45, 7) is 6.81. The number of carbonyl (C=O) groups excluding carboxylic acids is 2. The molecule has 3 rings (SSSR count). The molecule has 1 fully saturated rings. The maximum atomic E-state index is 12.5. The van der Waals surface area contributed by atoms with E-state index in [4.69, 9.17) is 0 Å². The number of rotatable bonds is 3. The molecule has 0 aromatic heterocycles. The molecule has 5 nitrogen and oxygen atoms in total. The van der Waals surface area contributed by atoms with E-state index in [0.717, 1.165) is 13.0 Å². The lowest BCUT2D eigenvalue weighted by Gasteiger charge is -2.31. The Morgan fingerprint density at radius 2 is 1.68 bits per heavy atom. The van der Waals surface area contributed by atoms with Crippen LogP contribution in [0, 0.1) is 13.8 Å². The van der Waals surface area contributed by atoms with E-state index >= 15 is 0 Å². The summed E-state index contributed by atoms with van der Waals surface area (Å²) in [4.78, 5) is 28.4. The largest absolute Gasteiger partial charge is 0.393 e. The van der Waals surface area contributed by atoms with Crippen molar-refractivity contribution in [2.24, 2.45) is 0 Å². The molecular weight excluding hydrogens is 316 g/mol. The van der Waals surface area contributed by atoms with Gasteiger partial charge in [0.05, 0.1) is 6.10 Å².